The maximum absolute atomic E-state index is 13.0. The van der Waals surface area contributed by atoms with Gasteiger partial charge in [0.25, 0.3) is 6.36 Å². The molecular formula is C14H19F3N2O5S. The van der Waals surface area contributed by atoms with Gasteiger partial charge in [0.15, 0.2) is 15.7 Å². The van der Waals surface area contributed by atoms with Gasteiger partial charge in [-0.2, -0.15) is 4.39 Å². The molecule has 142 valence electrons. The molecule has 1 unspecified atom stereocenters. The average Bonchev–Trinajstić information content (AvgIpc) is 2.46. The lowest BCUT2D eigenvalue weighted by molar-refractivity contribution is -0.0671. The van der Waals surface area contributed by atoms with Gasteiger partial charge in [-0.3, -0.25) is 5.32 Å². The van der Waals surface area contributed by atoms with E-state index in [-0.39, 0.29) is 11.6 Å². The van der Waals surface area contributed by atoms with Crippen LogP contribution in [0.15, 0.2) is 17.2 Å². The number of halogens is 3. The molecule has 1 aromatic heterocycles. The molecule has 0 saturated heterocycles. The van der Waals surface area contributed by atoms with Gasteiger partial charge in [0, 0.05) is 6.07 Å². The van der Waals surface area contributed by atoms with Crippen molar-refractivity contribution in [1.82, 2.24) is 4.98 Å². The van der Waals surface area contributed by atoms with E-state index in [4.69, 9.17) is 4.74 Å². The number of nitrogens with zero attached hydrogens (tertiary/aromatic N) is 1. The first-order chi connectivity index (χ1) is 11.4. The van der Waals surface area contributed by atoms with Crippen molar-refractivity contribution in [3.8, 4) is 5.75 Å². The highest BCUT2D eigenvalue weighted by Gasteiger charge is 2.26. The van der Waals surface area contributed by atoms with Crippen LogP contribution in [0.4, 0.5) is 23.8 Å². The lowest BCUT2D eigenvalue weighted by Crippen LogP contribution is -2.28. The Hall–Kier alpha value is -2.04. The lowest BCUT2D eigenvalue weighted by atomic mass is 10.2. The average molecular weight is 384 g/mol. The second-order valence-corrected chi connectivity index (χ2v) is 8.10. The van der Waals surface area contributed by atoms with Gasteiger partial charge in [-0.15, -0.1) is 0 Å². The summed E-state index contributed by atoms with van der Waals surface area (Å²) in [7, 11) is -3.92. The Bertz CT molecular complexity index is 720. The molecular weight excluding hydrogens is 365 g/mol. The molecule has 0 fully saturated rings. The number of pyridine rings is 1. The van der Waals surface area contributed by atoms with Crippen LogP contribution < -0.4 is 10.1 Å². The zero-order valence-electron chi connectivity index (χ0n) is 14.0. The van der Waals surface area contributed by atoms with Crippen molar-refractivity contribution in [3.63, 3.8) is 0 Å². The number of carbonyl (C=O) groups is 1. The molecule has 1 N–H and O–H groups in total. The van der Waals surface area contributed by atoms with Crippen molar-refractivity contribution in [3.05, 3.63) is 12.3 Å². The molecule has 7 nitrogen and oxygen atoms in total. The van der Waals surface area contributed by atoms with E-state index in [1.165, 1.54) is 6.92 Å². The summed E-state index contributed by atoms with van der Waals surface area (Å²) >= 11 is 0. The summed E-state index contributed by atoms with van der Waals surface area (Å²) in [6.45, 7) is 6.14. The first kappa shape index (κ1) is 21.0. The number of ether oxygens (including phenoxy) is 2. The van der Waals surface area contributed by atoms with Gasteiger partial charge in [0.1, 0.15) is 16.2 Å². The number of alkyl halides is 3. The van der Waals surface area contributed by atoms with Crippen LogP contribution in [-0.2, 0) is 14.6 Å². The minimum absolute atomic E-state index is 0.366. The number of amides is 1. The standard InChI is InChI=1S/C14H19F3N2O5S/c1-5-25(21,22)9-6-8(23-11(17)10(15)16)7-18-12(9)19-13(20)24-14(2,3)4/h6-7,10-11H,5H2,1-4H3,(H,18,19,20). The minimum atomic E-state index is -3.92. The van der Waals surface area contributed by atoms with Gasteiger partial charge in [0.05, 0.1) is 11.9 Å². The Morgan fingerprint density at radius 3 is 2.40 bits per heavy atom. The van der Waals surface area contributed by atoms with E-state index >= 15 is 0 Å². The molecule has 11 heteroatoms. The number of hydrogen-bond donors (Lipinski definition) is 1. The zero-order valence-corrected chi connectivity index (χ0v) is 14.9. The number of carbonyl (C=O) groups excluding carboxylic acids is 1. The lowest BCUT2D eigenvalue weighted by Gasteiger charge is -2.20. The summed E-state index contributed by atoms with van der Waals surface area (Å²) in [5.74, 6) is -1.26. The zero-order chi connectivity index (χ0) is 19.4. The van der Waals surface area contributed by atoms with E-state index in [0.29, 0.717) is 0 Å². The van der Waals surface area contributed by atoms with E-state index in [2.05, 4.69) is 15.0 Å². The second kappa shape index (κ2) is 7.89. The van der Waals surface area contributed by atoms with E-state index in [1.54, 1.807) is 20.8 Å². The van der Waals surface area contributed by atoms with E-state index < -0.39 is 45.0 Å². The van der Waals surface area contributed by atoms with Gasteiger partial charge in [-0.25, -0.2) is 27.0 Å². The first-order valence-corrected chi connectivity index (χ1v) is 8.82. The molecule has 0 spiro atoms. The normalized spacial score (nSPS) is 13.4. The summed E-state index contributed by atoms with van der Waals surface area (Å²) in [5, 5.41) is 2.16. The molecule has 0 aliphatic rings. The van der Waals surface area contributed by atoms with E-state index in [9.17, 15) is 26.4 Å². The maximum Gasteiger partial charge on any atom is 0.413 e. The van der Waals surface area contributed by atoms with Crippen molar-refractivity contribution in [2.75, 3.05) is 11.1 Å². The van der Waals surface area contributed by atoms with Crippen LogP contribution in [-0.4, -0.2) is 43.6 Å². The van der Waals surface area contributed by atoms with E-state index in [1.807, 2.05) is 0 Å². The number of rotatable bonds is 6. The molecule has 0 bridgehead atoms. The molecule has 0 aliphatic carbocycles. The summed E-state index contributed by atoms with van der Waals surface area (Å²) in [5.41, 5.74) is -0.838. The molecule has 25 heavy (non-hydrogen) atoms. The smallest absolute Gasteiger partial charge is 0.413 e. The first-order valence-electron chi connectivity index (χ1n) is 7.17. The highest BCUT2D eigenvalue weighted by atomic mass is 32.2. The SMILES string of the molecule is CCS(=O)(=O)c1cc(OC(F)C(F)F)cnc1NC(=O)OC(C)(C)C. The van der Waals surface area contributed by atoms with Crippen molar-refractivity contribution < 1.29 is 35.9 Å². The third-order valence-corrected chi connectivity index (χ3v) is 4.35. The Balaban J connectivity index is 3.19. The fourth-order valence-corrected chi connectivity index (χ4v) is 2.56. The summed E-state index contributed by atoms with van der Waals surface area (Å²) in [6, 6.07) is 0.813. The molecule has 1 aromatic rings. The number of nitrogens with one attached hydrogen (secondary N) is 1. The molecule has 0 saturated carbocycles. The number of hydrogen-bond acceptors (Lipinski definition) is 6. The van der Waals surface area contributed by atoms with Crippen molar-refractivity contribution in [2.45, 2.75) is 51.0 Å². The van der Waals surface area contributed by atoms with Gasteiger partial charge < -0.3 is 9.47 Å². The predicted molar refractivity (Wildman–Crippen MR) is 83.3 cm³/mol. The fourth-order valence-electron chi connectivity index (χ4n) is 1.56. The summed E-state index contributed by atoms with van der Waals surface area (Å²) in [6.07, 6.45) is -6.50. The third-order valence-electron chi connectivity index (χ3n) is 2.61. The number of anilines is 1. The molecule has 1 amide bonds. The largest absolute Gasteiger partial charge is 0.453 e. The Labute approximate surface area is 143 Å². The number of sulfone groups is 1. The number of aromatic nitrogens is 1. The molecule has 1 atom stereocenters. The quantitative estimate of drug-likeness (QED) is 0.810. The molecule has 1 heterocycles. The van der Waals surface area contributed by atoms with Crippen LogP contribution in [0.2, 0.25) is 0 Å². The molecule has 0 radical (unpaired) electrons. The predicted octanol–water partition coefficient (Wildman–Crippen LogP) is 3.16. The summed E-state index contributed by atoms with van der Waals surface area (Å²) in [4.78, 5) is 14.9. The van der Waals surface area contributed by atoms with Crippen molar-refractivity contribution in [2.24, 2.45) is 0 Å². The monoisotopic (exact) mass is 384 g/mol. The van der Waals surface area contributed by atoms with Crippen LogP contribution in [0.1, 0.15) is 27.7 Å². The van der Waals surface area contributed by atoms with Crippen LogP contribution in [0.25, 0.3) is 0 Å². The highest BCUT2D eigenvalue weighted by molar-refractivity contribution is 7.91. The van der Waals surface area contributed by atoms with Crippen LogP contribution in [0.5, 0.6) is 5.75 Å². The molecule has 0 aromatic carbocycles. The molecule has 1 rings (SSSR count). The van der Waals surface area contributed by atoms with Gasteiger partial charge in [0.2, 0.25) is 0 Å². The van der Waals surface area contributed by atoms with Crippen LogP contribution in [0.3, 0.4) is 0 Å². The van der Waals surface area contributed by atoms with Crippen molar-refractivity contribution >= 4 is 21.7 Å². The summed E-state index contributed by atoms with van der Waals surface area (Å²) < 4.78 is 71.0. The minimum Gasteiger partial charge on any atom is -0.453 e. The van der Waals surface area contributed by atoms with Gasteiger partial charge in [-0.1, -0.05) is 6.92 Å². The Morgan fingerprint density at radius 2 is 1.92 bits per heavy atom. The fraction of sp³-hybridized carbons (Fsp3) is 0.571. The Morgan fingerprint density at radius 1 is 1.32 bits per heavy atom. The highest BCUT2D eigenvalue weighted by Crippen LogP contribution is 2.27. The maximum atomic E-state index is 13.0. The van der Waals surface area contributed by atoms with Gasteiger partial charge in [-0.05, 0) is 20.8 Å². The second-order valence-electron chi connectivity index (χ2n) is 5.85. The topological polar surface area (TPSA) is 94.6 Å². The Kier molecular flexibility index (Phi) is 6.63. The third kappa shape index (κ3) is 6.40. The van der Waals surface area contributed by atoms with Crippen molar-refractivity contribution in [1.29, 1.82) is 0 Å². The molecule has 0 aliphatic heterocycles. The van der Waals surface area contributed by atoms with Crippen LogP contribution in [0, 0.1) is 0 Å². The van der Waals surface area contributed by atoms with Crippen LogP contribution >= 0.6 is 0 Å². The van der Waals surface area contributed by atoms with E-state index in [0.717, 1.165) is 12.3 Å². The van der Waals surface area contributed by atoms with Gasteiger partial charge >= 0.3 is 12.5 Å².